The van der Waals surface area contributed by atoms with Crippen molar-refractivity contribution in [2.45, 2.75) is 13.8 Å². The Morgan fingerprint density at radius 2 is 2.11 bits per heavy atom. The third-order valence-electron chi connectivity index (χ3n) is 3.20. The predicted octanol–water partition coefficient (Wildman–Crippen LogP) is 3.63. The van der Waals surface area contributed by atoms with Crippen molar-refractivity contribution in [3.05, 3.63) is 53.6 Å². The molecule has 0 aliphatic rings. The van der Waals surface area contributed by atoms with Crippen molar-refractivity contribution in [2.75, 3.05) is 5.32 Å². The van der Waals surface area contributed by atoms with Gasteiger partial charge in [-0.1, -0.05) is 0 Å². The second-order valence-corrected chi connectivity index (χ2v) is 4.58. The standard InChI is InChI=1S/C15H14N2O2/c1-9-8-19-10(2)14(9)15(18)17-12-3-4-13-11(7-12)5-6-16-13/h3-8,16H,1-2H3,(H,17,18). The molecule has 0 bridgehead atoms. The number of benzene rings is 1. The summed E-state index contributed by atoms with van der Waals surface area (Å²) in [6.45, 7) is 3.65. The minimum Gasteiger partial charge on any atom is -0.469 e. The number of amides is 1. The van der Waals surface area contributed by atoms with Crippen LogP contribution >= 0.6 is 0 Å². The Hall–Kier alpha value is -2.49. The van der Waals surface area contributed by atoms with E-state index in [1.165, 1.54) is 0 Å². The van der Waals surface area contributed by atoms with Crippen LogP contribution in [0.15, 0.2) is 41.1 Å². The zero-order valence-corrected chi connectivity index (χ0v) is 10.8. The van der Waals surface area contributed by atoms with E-state index in [-0.39, 0.29) is 5.91 Å². The first-order valence-corrected chi connectivity index (χ1v) is 6.08. The first-order chi connectivity index (χ1) is 9.15. The van der Waals surface area contributed by atoms with Gasteiger partial charge in [0.1, 0.15) is 5.76 Å². The van der Waals surface area contributed by atoms with E-state index in [1.807, 2.05) is 37.4 Å². The monoisotopic (exact) mass is 254 g/mol. The van der Waals surface area contributed by atoms with Crippen molar-refractivity contribution < 1.29 is 9.21 Å². The molecule has 3 aromatic rings. The number of aromatic amines is 1. The molecule has 0 atom stereocenters. The Morgan fingerprint density at radius 3 is 2.84 bits per heavy atom. The van der Waals surface area contributed by atoms with Crippen molar-refractivity contribution in [3.63, 3.8) is 0 Å². The molecule has 96 valence electrons. The summed E-state index contributed by atoms with van der Waals surface area (Å²) < 4.78 is 5.25. The van der Waals surface area contributed by atoms with Crippen molar-refractivity contribution in [2.24, 2.45) is 0 Å². The topological polar surface area (TPSA) is 58.0 Å². The number of aromatic nitrogens is 1. The highest BCUT2D eigenvalue weighted by molar-refractivity contribution is 6.06. The molecule has 2 heterocycles. The molecule has 19 heavy (non-hydrogen) atoms. The van der Waals surface area contributed by atoms with Crippen LogP contribution in [-0.2, 0) is 0 Å². The van der Waals surface area contributed by atoms with Crippen molar-refractivity contribution in [3.8, 4) is 0 Å². The highest BCUT2D eigenvalue weighted by Crippen LogP contribution is 2.21. The fraction of sp³-hybridized carbons (Fsp3) is 0.133. The summed E-state index contributed by atoms with van der Waals surface area (Å²) in [5.41, 5.74) is 3.28. The van der Waals surface area contributed by atoms with Gasteiger partial charge >= 0.3 is 0 Å². The Kier molecular flexibility index (Phi) is 2.63. The van der Waals surface area contributed by atoms with Crippen molar-refractivity contribution in [1.82, 2.24) is 4.98 Å². The number of carbonyl (C=O) groups excluding carboxylic acids is 1. The number of H-pyrrole nitrogens is 1. The number of hydrogen-bond acceptors (Lipinski definition) is 2. The largest absolute Gasteiger partial charge is 0.469 e. The zero-order valence-electron chi connectivity index (χ0n) is 10.8. The van der Waals surface area contributed by atoms with Gasteiger partial charge in [-0.15, -0.1) is 0 Å². The van der Waals surface area contributed by atoms with Gasteiger partial charge in [0.15, 0.2) is 0 Å². The maximum atomic E-state index is 12.2. The first kappa shape index (κ1) is 11.6. The minimum absolute atomic E-state index is 0.140. The van der Waals surface area contributed by atoms with Gasteiger partial charge in [0, 0.05) is 28.4 Å². The lowest BCUT2D eigenvalue weighted by Crippen LogP contribution is -2.13. The molecule has 1 aromatic carbocycles. The molecule has 4 nitrogen and oxygen atoms in total. The Balaban J connectivity index is 1.90. The smallest absolute Gasteiger partial charge is 0.259 e. The van der Waals surface area contributed by atoms with Crippen LogP contribution in [0.2, 0.25) is 0 Å². The molecule has 0 saturated carbocycles. The van der Waals surface area contributed by atoms with Gasteiger partial charge in [-0.2, -0.15) is 0 Å². The van der Waals surface area contributed by atoms with Gasteiger partial charge in [-0.25, -0.2) is 0 Å². The summed E-state index contributed by atoms with van der Waals surface area (Å²) in [4.78, 5) is 15.3. The lowest BCUT2D eigenvalue weighted by atomic mass is 10.1. The highest BCUT2D eigenvalue weighted by atomic mass is 16.3. The van der Waals surface area contributed by atoms with E-state index in [4.69, 9.17) is 4.42 Å². The lowest BCUT2D eigenvalue weighted by molar-refractivity contribution is 0.102. The molecule has 0 spiro atoms. The highest BCUT2D eigenvalue weighted by Gasteiger charge is 2.15. The van der Waals surface area contributed by atoms with Crippen LogP contribution in [-0.4, -0.2) is 10.9 Å². The van der Waals surface area contributed by atoms with Crippen LogP contribution in [0, 0.1) is 13.8 Å². The molecule has 3 rings (SSSR count). The summed E-state index contributed by atoms with van der Waals surface area (Å²) in [6, 6.07) is 7.73. The molecule has 2 aromatic heterocycles. The predicted molar refractivity (Wildman–Crippen MR) is 74.4 cm³/mol. The molecule has 2 N–H and O–H groups in total. The fourth-order valence-corrected chi connectivity index (χ4v) is 2.24. The number of nitrogens with one attached hydrogen (secondary N) is 2. The Labute approximate surface area is 110 Å². The Bertz CT molecular complexity index is 733. The average molecular weight is 254 g/mol. The number of carbonyl (C=O) groups is 1. The number of fused-ring (bicyclic) bond motifs is 1. The van der Waals surface area contributed by atoms with Gasteiger partial charge < -0.3 is 14.7 Å². The lowest BCUT2D eigenvalue weighted by Gasteiger charge is -2.05. The van der Waals surface area contributed by atoms with Crippen LogP contribution in [0.4, 0.5) is 5.69 Å². The molecule has 0 aliphatic heterocycles. The van der Waals surface area contributed by atoms with E-state index in [2.05, 4.69) is 10.3 Å². The van der Waals surface area contributed by atoms with Gasteiger partial charge in [-0.05, 0) is 38.1 Å². The van der Waals surface area contributed by atoms with E-state index in [0.29, 0.717) is 11.3 Å². The molecule has 0 saturated heterocycles. The summed E-state index contributed by atoms with van der Waals surface area (Å²) in [5.74, 6) is 0.497. The molecule has 4 heteroatoms. The maximum Gasteiger partial charge on any atom is 0.259 e. The summed E-state index contributed by atoms with van der Waals surface area (Å²) in [6.07, 6.45) is 3.47. The van der Waals surface area contributed by atoms with Gasteiger partial charge in [0.05, 0.1) is 11.8 Å². The van der Waals surface area contributed by atoms with E-state index in [0.717, 1.165) is 22.2 Å². The van der Waals surface area contributed by atoms with Gasteiger partial charge in [-0.3, -0.25) is 4.79 Å². The third kappa shape index (κ3) is 2.01. The van der Waals surface area contributed by atoms with E-state index < -0.39 is 0 Å². The molecule has 1 amide bonds. The van der Waals surface area contributed by atoms with Crippen LogP contribution in [0.25, 0.3) is 10.9 Å². The number of aryl methyl sites for hydroxylation is 2. The summed E-state index contributed by atoms with van der Waals surface area (Å²) in [7, 11) is 0. The summed E-state index contributed by atoms with van der Waals surface area (Å²) >= 11 is 0. The van der Waals surface area contributed by atoms with E-state index in [9.17, 15) is 4.79 Å². The second kappa shape index (κ2) is 4.31. The Morgan fingerprint density at radius 1 is 1.26 bits per heavy atom. The number of hydrogen-bond donors (Lipinski definition) is 2. The zero-order chi connectivity index (χ0) is 13.4. The number of furan rings is 1. The number of anilines is 1. The van der Waals surface area contributed by atoms with Crippen LogP contribution in [0.1, 0.15) is 21.7 Å². The average Bonchev–Trinajstić information content (AvgIpc) is 2.95. The van der Waals surface area contributed by atoms with Gasteiger partial charge in [0.25, 0.3) is 5.91 Å². The number of rotatable bonds is 2. The van der Waals surface area contributed by atoms with E-state index in [1.54, 1.807) is 13.2 Å². The van der Waals surface area contributed by atoms with Gasteiger partial charge in [0.2, 0.25) is 0 Å². The fourth-order valence-electron chi connectivity index (χ4n) is 2.24. The molecule has 0 unspecified atom stereocenters. The minimum atomic E-state index is -0.140. The van der Waals surface area contributed by atoms with Crippen molar-refractivity contribution >= 4 is 22.5 Å². The molecular weight excluding hydrogens is 240 g/mol. The van der Waals surface area contributed by atoms with Crippen LogP contribution in [0.3, 0.4) is 0 Å². The van der Waals surface area contributed by atoms with Crippen LogP contribution in [0.5, 0.6) is 0 Å². The summed E-state index contributed by atoms with van der Waals surface area (Å²) in [5, 5.41) is 3.96. The van der Waals surface area contributed by atoms with E-state index >= 15 is 0 Å². The third-order valence-corrected chi connectivity index (χ3v) is 3.20. The molecule has 0 radical (unpaired) electrons. The molecular formula is C15H14N2O2. The first-order valence-electron chi connectivity index (χ1n) is 6.08. The normalized spacial score (nSPS) is 10.8. The maximum absolute atomic E-state index is 12.2. The molecule has 0 aliphatic carbocycles. The second-order valence-electron chi connectivity index (χ2n) is 4.58. The van der Waals surface area contributed by atoms with Crippen molar-refractivity contribution in [1.29, 1.82) is 0 Å². The quantitative estimate of drug-likeness (QED) is 0.733. The molecule has 0 fully saturated rings. The van der Waals surface area contributed by atoms with Crippen LogP contribution < -0.4 is 5.32 Å². The SMILES string of the molecule is Cc1coc(C)c1C(=O)Nc1ccc2[nH]ccc2c1.